The Morgan fingerprint density at radius 3 is 2.26 bits per heavy atom. The van der Waals surface area contributed by atoms with Crippen molar-refractivity contribution in [2.24, 2.45) is 0 Å². The van der Waals surface area contributed by atoms with Crippen LogP contribution in [0.15, 0.2) is 60.7 Å². The summed E-state index contributed by atoms with van der Waals surface area (Å²) in [6.07, 6.45) is -0.107. The summed E-state index contributed by atoms with van der Waals surface area (Å²) in [6, 6.07) is 20.6. The van der Waals surface area contributed by atoms with E-state index in [9.17, 15) is 0 Å². The van der Waals surface area contributed by atoms with Crippen molar-refractivity contribution in [3.8, 4) is 0 Å². The molecular weight excluding hydrogens is 236 g/mol. The molecule has 0 radical (unpaired) electrons. The first-order valence-corrected chi connectivity index (χ1v) is 6.71. The maximum Gasteiger partial charge on any atom is 0.165 e. The minimum Gasteiger partial charge on any atom is -0.349 e. The highest BCUT2D eigenvalue weighted by Crippen LogP contribution is 2.33. The molecule has 1 aliphatic heterocycles. The zero-order valence-electron chi connectivity index (χ0n) is 11.0. The van der Waals surface area contributed by atoms with E-state index >= 15 is 0 Å². The summed E-state index contributed by atoms with van der Waals surface area (Å²) in [5.74, 6) is 0.245. The zero-order valence-corrected chi connectivity index (χ0v) is 11.0. The van der Waals surface area contributed by atoms with Crippen LogP contribution in [0.2, 0.25) is 0 Å². The number of hydrogen-bond acceptors (Lipinski definition) is 2. The fraction of sp³-hybridized carbons (Fsp3) is 0.294. The largest absolute Gasteiger partial charge is 0.349 e. The summed E-state index contributed by atoms with van der Waals surface area (Å²) in [5, 5.41) is 0. The minimum absolute atomic E-state index is 0.0531. The lowest BCUT2D eigenvalue weighted by Crippen LogP contribution is -2.17. The monoisotopic (exact) mass is 254 g/mol. The third-order valence-corrected chi connectivity index (χ3v) is 3.62. The van der Waals surface area contributed by atoms with Crippen molar-refractivity contribution in [1.29, 1.82) is 0 Å². The second-order valence-corrected chi connectivity index (χ2v) is 4.94. The fourth-order valence-corrected chi connectivity index (χ4v) is 2.44. The van der Waals surface area contributed by atoms with Gasteiger partial charge < -0.3 is 9.47 Å². The molecule has 1 aliphatic rings. The molecule has 0 N–H and O–H groups in total. The maximum atomic E-state index is 6.04. The van der Waals surface area contributed by atoms with Gasteiger partial charge in [0.25, 0.3) is 0 Å². The highest BCUT2D eigenvalue weighted by Gasteiger charge is 2.31. The molecule has 0 spiro atoms. The zero-order chi connectivity index (χ0) is 13.1. The number of hydrogen-bond donors (Lipinski definition) is 0. The second kappa shape index (κ2) is 5.55. The Balaban J connectivity index is 1.69. The third-order valence-electron chi connectivity index (χ3n) is 3.62. The van der Waals surface area contributed by atoms with E-state index in [-0.39, 0.29) is 18.3 Å². The molecule has 3 atom stereocenters. The molecule has 2 heteroatoms. The molecule has 2 aromatic carbocycles. The van der Waals surface area contributed by atoms with E-state index in [4.69, 9.17) is 9.47 Å². The summed E-state index contributed by atoms with van der Waals surface area (Å²) in [6.45, 7) is 2.78. The van der Waals surface area contributed by atoms with Crippen LogP contribution in [0.5, 0.6) is 0 Å². The fourth-order valence-electron chi connectivity index (χ4n) is 2.44. The van der Waals surface area contributed by atoms with Gasteiger partial charge in [-0.2, -0.15) is 0 Å². The molecule has 1 fully saturated rings. The first-order chi connectivity index (χ1) is 9.34. The van der Waals surface area contributed by atoms with Crippen LogP contribution in [-0.4, -0.2) is 12.9 Å². The highest BCUT2D eigenvalue weighted by molar-refractivity contribution is 5.21. The van der Waals surface area contributed by atoms with Gasteiger partial charge in [0.1, 0.15) is 6.10 Å². The van der Waals surface area contributed by atoms with Gasteiger partial charge in [0.2, 0.25) is 0 Å². The van der Waals surface area contributed by atoms with Gasteiger partial charge in [-0.3, -0.25) is 0 Å². The summed E-state index contributed by atoms with van der Waals surface area (Å²) >= 11 is 0. The third kappa shape index (κ3) is 2.70. The van der Waals surface area contributed by atoms with Crippen LogP contribution in [0.1, 0.15) is 30.1 Å². The van der Waals surface area contributed by atoms with Gasteiger partial charge in [0, 0.05) is 5.92 Å². The first-order valence-electron chi connectivity index (χ1n) is 6.71. The van der Waals surface area contributed by atoms with Crippen molar-refractivity contribution in [3.63, 3.8) is 0 Å². The standard InChI is InChI=1S/C17H18O2/c1-13(14-8-4-2-5-9-14)17-18-12-16(19-17)15-10-6-3-7-11-15/h2-11,13,16-17H,12H2,1H3. The summed E-state index contributed by atoms with van der Waals surface area (Å²) in [4.78, 5) is 0. The molecule has 3 unspecified atom stereocenters. The lowest BCUT2D eigenvalue weighted by atomic mass is 10.0. The topological polar surface area (TPSA) is 18.5 Å². The smallest absolute Gasteiger partial charge is 0.165 e. The first kappa shape index (κ1) is 12.4. The molecule has 0 bridgehead atoms. The molecular formula is C17H18O2. The summed E-state index contributed by atoms with van der Waals surface area (Å²) in [5.41, 5.74) is 2.44. The molecule has 0 aromatic heterocycles. The highest BCUT2D eigenvalue weighted by atomic mass is 16.7. The van der Waals surface area contributed by atoms with E-state index in [1.807, 2.05) is 24.3 Å². The van der Waals surface area contributed by atoms with Gasteiger partial charge >= 0.3 is 0 Å². The predicted octanol–water partition coefficient (Wildman–Crippen LogP) is 3.90. The van der Waals surface area contributed by atoms with Crippen molar-refractivity contribution in [1.82, 2.24) is 0 Å². The molecule has 2 nitrogen and oxygen atoms in total. The van der Waals surface area contributed by atoms with Gasteiger partial charge in [0.05, 0.1) is 6.61 Å². The Bertz CT molecular complexity index is 509. The Hall–Kier alpha value is -1.64. The molecule has 1 heterocycles. The molecule has 0 amide bonds. The van der Waals surface area contributed by atoms with Crippen LogP contribution < -0.4 is 0 Å². The number of benzene rings is 2. The molecule has 0 saturated carbocycles. The normalized spacial score (nSPS) is 24.3. The summed E-state index contributed by atoms with van der Waals surface area (Å²) in [7, 11) is 0. The SMILES string of the molecule is CC(c1ccccc1)C1OCC(c2ccccc2)O1. The molecule has 98 valence electrons. The van der Waals surface area contributed by atoms with Crippen LogP contribution in [0.4, 0.5) is 0 Å². The van der Waals surface area contributed by atoms with Crippen molar-refractivity contribution >= 4 is 0 Å². The summed E-state index contributed by atoms with van der Waals surface area (Å²) < 4.78 is 11.9. The number of ether oxygens (including phenoxy) is 2. The Kier molecular flexibility index (Phi) is 3.62. The molecule has 19 heavy (non-hydrogen) atoms. The average Bonchev–Trinajstić information content (AvgIpc) is 2.98. The van der Waals surface area contributed by atoms with Gasteiger partial charge in [-0.05, 0) is 11.1 Å². The Morgan fingerprint density at radius 1 is 0.947 bits per heavy atom. The van der Waals surface area contributed by atoms with Crippen LogP contribution in [0.3, 0.4) is 0 Å². The van der Waals surface area contributed by atoms with E-state index in [1.54, 1.807) is 0 Å². The van der Waals surface area contributed by atoms with Crippen molar-refractivity contribution < 1.29 is 9.47 Å². The van der Waals surface area contributed by atoms with E-state index in [1.165, 1.54) is 11.1 Å². The van der Waals surface area contributed by atoms with Crippen LogP contribution in [0.25, 0.3) is 0 Å². The van der Waals surface area contributed by atoms with E-state index in [0.717, 1.165) is 0 Å². The van der Waals surface area contributed by atoms with Gasteiger partial charge in [-0.25, -0.2) is 0 Å². The quantitative estimate of drug-likeness (QED) is 0.827. The van der Waals surface area contributed by atoms with Crippen molar-refractivity contribution in [2.45, 2.75) is 25.2 Å². The van der Waals surface area contributed by atoms with Gasteiger partial charge in [-0.15, -0.1) is 0 Å². The van der Waals surface area contributed by atoms with Crippen molar-refractivity contribution in [3.05, 3.63) is 71.8 Å². The van der Waals surface area contributed by atoms with E-state index < -0.39 is 0 Å². The van der Waals surface area contributed by atoms with Crippen molar-refractivity contribution in [2.75, 3.05) is 6.61 Å². The van der Waals surface area contributed by atoms with Crippen LogP contribution in [0, 0.1) is 0 Å². The lowest BCUT2D eigenvalue weighted by molar-refractivity contribution is -0.0723. The molecule has 0 aliphatic carbocycles. The molecule has 3 rings (SSSR count). The predicted molar refractivity (Wildman–Crippen MR) is 74.9 cm³/mol. The Labute approximate surface area is 114 Å². The van der Waals surface area contributed by atoms with Crippen LogP contribution in [-0.2, 0) is 9.47 Å². The molecule has 2 aromatic rings. The minimum atomic E-state index is -0.160. The van der Waals surface area contributed by atoms with E-state index in [0.29, 0.717) is 6.61 Å². The maximum absolute atomic E-state index is 6.04. The molecule has 1 saturated heterocycles. The Morgan fingerprint density at radius 2 is 1.58 bits per heavy atom. The lowest BCUT2D eigenvalue weighted by Gasteiger charge is -2.19. The van der Waals surface area contributed by atoms with Gasteiger partial charge in [-0.1, -0.05) is 67.6 Å². The number of rotatable bonds is 3. The average molecular weight is 254 g/mol. The second-order valence-electron chi connectivity index (χ2n) is 4.94. The van der Waals surface area contributed by atoms with E-state index in [2.05, 4.69) is 43.3 Å². The van der Waals surface area contributed by atoms with Crippen LogP contribution >= 0.6 is 0 Å². The van der Waals surface area contributed by atoms with Gasteiger partial charge in [0.15, 0.2) is 6.29 Å².